The van der Waals surface area contributed by atoms with E-state index in [-0.39, 0.29) is 17.5 Å². The average molecular weight is 278 g/mol. The topological polar surface area (TPSA) is 34.1 Å². The predicted molar refractivity (Wildman–Crippen MR) is 83.0 cm³/mol. The number of benzene rings is 2. The number of hydrogen-bond acceptors (Lipinski definition) is 2. The molecule has 1 aliphatic rings. The van der Waals surface area contributed by atoms with Gasteiger partial charge in [0.2, 0.25) is 0 Å². The molecule has 0 saturated carbocycles. The highest BCUT2D eigenvalue weighted by atomic mass is 16.1. The summed E-state index contributed by atoms with van der Waals surface area (Å²) in [6.45, 7) is 6.37. The van der Waals surface area contributed by atoms with Crippen LogP contribution in [-0.2, 0) is 0 Å². The molecule has 1 atom stereocenters. The summed E-state index contributed by atoms with van der Waals surface area (Å²) in [4.78, 5) is 25.5. The normalized spacial score (nSPS) is 14.9. The molecule has 1 unspecified atom stereocenters. The van der Waals surface area contributed by atoms with E-state index >= 15 is 0 Å². The second kappa shape index (κ2) is 4.96. The average Bonchev–Trinajstić information content (AvgIpc) is 2.51. The van der Waals surface area contributed by atoms with Gasteiger partial charge in [-0.05, 0) is 17.4 Å². The first-order chi connectivity index (χ1) is 10.0. The van der Waals surface area contributed by atoms with E-state index < -0.39 is 0 Å². The van der Waals surface area contributed by atoms with Crippen LogP contribution in [-0.4, -0.2) is 11.6 Å². The molecule has 0 aromatic heterocycles. The van der Waals surface area contributed by atoms with E-state index in [9.17, 15) is 9.59 Å². The van der Waals surface area contributed by atoms with Crippen molar-refractivity contribution in [3.05, 3.63) is 70.3 Å². The Morgan fingerprint density at radius 1 is 0.714 bits per heavy atom. The first-order valence-electron chi connectivity index (χ1n) is 7.33. The molecule has 2 nitrogen and oxygen atoms in total. The maximum Gasteiger partial charge on any atom is 0.194 e. The van der Waals surface area contributed by atoms with Gasteiger partial charge in [-0.25, -0.2) is 0 Å². The number of hydrogen-bond donors (Lipinski definition) is 0. The van der Waals surface area contributed by atoms with Crippen LogP contribution in [0.3, 0.4) is 0 Å². The first kappa shape index (κ1) is 13.7. The number of fused-ring (bicyclic) bond motifs is 2. The van der Waals surface area contributed by atoms with Gasteiger partial charge in [0.1, 0.15) is 0 Å². The monoisotopic (exact) mass is 278 g/mol. The molecular formula is C19H18O2. The molecule has 0 heterocycles. The quantitative estimate of drug-likeness (QED) is 0.703. The van der Waals surface area contributed by atoms with Crippen LogP contribution in [0, 0.1) is 5.92 Å². The van der Waals surface area contributed by atoms with Gasteiger partial charge in [0.05, 0.1) is 0 Å². The fourth-order valence-electron chi connectivity index (χ4n) is 2.91. The highest BCUT2D eigenvalue weighted by Crippen LogP contribution is 2.34. The molecule has 2 aromatic carbocycles. The van der Waals surface area contributed by atoms with Gasteiger partial charge >= 0.3 is 0 Å². The first-order valence-corrected chi connectivity index (χ1v) is 7.33. The Kier molecular flexibility index (Phi) is 3.25. The third-order valence-electron chi connectivity index (χ3n) is 4.48. The van der Waals surface area contributed by atoms with Gasteiger partial charge in [0.15, 0.2) is 11.6 Å². The number of rotatable bonds is 2. The fourth-order valence-corrected chi connectivity index (χ4v) is 2.91. The van der Waals surface area contributed by atoms with E-state index in [0.717, 1.165) is 5.56 Å². The van der Waals surface area contributed by atoms with Crippen LogP contribution in [0.5, 0.6) is 0 Å². The number of ketones is 2. The molecule has 0 N–H and O–H groups in total. The molecular weight excluding hydrogens is 260 g/mol. The van der Waals surface area contributed by atoms with Crippen LogP contribution < -0.4 is 0 Å². The van der Waals surface area contributed by atoms with Crippen molar-refractivity contribution in [2.45, 2.75) is 26.7 Å². The molecule has 0 fully saturated rings. The van der Waals surface area contributed by atoms with E-state index in [1.807, 2.05) is 18.2 Å². The Bertz CT molecular complexity index is 741. The lowest BCUT2D eigenvalue weighted by atomic mass is 9.77. The largest absolute Gasteiger partial charge is 0.289 e. The van der Waals surface area contributed by atoms with Crippen molar-refractivity contribution in [3.8, 4) is 0 Å². The fraction of sp³-hybridized carbons (Fsp3) is 0.263. The van der Waals surface area contributed by atoms with Crippen LogP contribution in [0.25, 0.3) is 0 Å². The Hall–Kier alpha value is -2.22. The van der Waals surface area contributed by atoms with Crippen molar-refractivity contribution in [1.29, 1.82) is 0 Å². The van der Waals surface area contributed by atoms with Crippen molar-refractivity contribution in [1.82, 2.24) is 0 Å². The molecule has 2 aromatic rings. The Morgan fingerprint density at radius 2 is 1.29 bits per heavy atom. The van der Waals surface area contributed by atoms with Crippen molar-refractivity contribution in [2.75, 3.05) is 0 Å². The molecule has 21 heavy (non-hydrogen) atoms. The Balaban J connectivity index is 2.26. The summed E-state index contributed by atoms with van der Waals surface area (Å²) < 4.78 is 0. The predicted octanol–water partition coefficient (Wildman–Crippen LogP) is 4.22. The summed E-state index contributed by atoms with van der Waals surface area (Å²) >= 11 is 0. The number of carbonyl (C=O) groups excluding carboxylic acids is 2. The smallest absolute Gasteiger partial charge is 0.194 e. The van der Waals surface area contributed by atoms with Crippen LogP contribution in [0.1, 0.15) is 64.1 Å². The maximum atomic E-state index is 12.8. The zero-order valence-corrected chi connectivity index (χ0v) is 12.5. The third kappa shape index (κ3) is 2.02. The Morgan fingerprint density at radius 3 is 1.90 bits per heavy atom. The van der Waals surface area contributed by atoms with Gasteiger partial charge in [0.25, 0.3) is 0 Å². The van der Waals surface area contributed by atoms with E-state index in [2.05, 4.69) is 20.8 Å². The lowest BCUT2D eigenvalue weighted by Gasteiger charge is -2.24. The molecule has 1 aliphatic carbocycles. The molecule has 0 aliphatic heterocycles. The molecule has 2 heteroatoms. The molecule has 0 radical (unpaired) electrons. The minimum atomic E-state index is -0.0435. The molecule has 0 saturated heterocycles. The van der Waals surface area contributed by atoms with Crippen LogP contribution in [0.2, 0.25) is 0 Å². The van der Waals surface area contributed by atoms with Crippen molar-refractivity contribution in [2.24, 2.45) is 5.92 Å². The van der Waals surface area contributed by atoms with Gasteiger partial charge in [0, 0.05) is 22.3 Å². The maximum absolute atomic E-state index is 12.8. The highest BCUT2D eigenvalue weighted by Gasteiger charge is 2.32. The number of carbonyl (C=O) groups is 2. The van der Waals surface area contributed by atoms with Gasteiger partial charge in [-0.1, -0.05) is 63.2 Å². The van der Waals surface area contributed by atoms with Crippen LogP contribution in [0.4, 0.5) is 0 Å². The zero-order chi connectivity index (χ0) is 15.1. The summed E-state index contributed by atoms with van der Waals surface area (Å²) in [6.07, 6.45) is 0. The Labute approximate surface area is 124 Å². The summed E-state index contributed by atoms with van der Waals surface area (Å²) in [5.41, 5.74) is 3.17. The summed E-state index contributed by atoms with van der Waals surface area (Å²) in [6, 6.07) is 12.7. The third-order valence-corrected chi connectivity index (χ3v) is 4.48. The summed E-state index contributed by atoms with van der Waals surface area (Å²) in [5.74, 6) is 0.583. The van der Waals surface area contributed by atoms with Gasteiger partial charge in [-0.2, -0.15) is 0 Å². The molecule has 106 valence electrons. The van der Waals surface area contributed by atoms with Crippen molar-refractivity contribution < 1.29 is 9.59 Å². The standard InChI is InChI=1S/C19H18O2/c1-11(2)12(3)13-9-6-10-16-17(13)19(21)15-8-5-4-7-14(15)18(16)20/h4-12H,1-3H3. The second-order valence-corrected chi connectivity index (χ2v) is 6.01. The SMILES string of the molecule is CC(C)C(C)c1cccc2c1C(=O)c1ccccc1C2=O. The molecule has 0 amide bonds. The zero-order valence-electron chi connectivity index (χ0n) is 12.5. The molecule has 0 spiro atoms. The van der Waals surface area contributed by atoms with Gasteiger partial charge in [-0.3, -0.25) is 9.59 Å². The van der Waals surface area contributed by atoms with E-state index in [4.69, 9.17) is 0 Å². The van der Waals surface area contributed by atoms with E-state index in [1.54, 1.807) is 24.3 Å². The minimum Gasteiger partial charge on any atom is -0.289 e. The van der Waals surface area contributed by atoms with Crippen LogP contribution in [0.15, 0.2) is 42.5 Å². The summed E-state index contributed by atoms with van der Waals surface area (Å²) in [7, 11) is 0. The molecule has 3 rings (SSSR count). The lowest BCUT2D eigenvalue weighted by Crippen LogP contribution is -2.23. The van der Waals surface area contributed by atoms with Crippen LogP contribution >= 0.6 is 0 Å². The van der Waals surface area contributed by atoms with Gasteiger partial charge in [-0.15, -0.1) is 0 Å². The van der Waals surface area contributed by atoms with Crippen molar-refractivity contribution in [3.63, 3.8) is 0 Å². The van der Waals surface area contributed by atoms with Crippen molar-refractivity contribution >= 4 is 11.6 Å². The van der Waals surface area contributed by atoms with E-state index in [1.165, 1.54) is 0 Å². The van der Waals surface area contributed by atoms with E-state index in [0.29, 0.717) is 28.2 Å². The summed E-state index contributed by atoms with van der Waals surface area (Å²) in [5, 5.41) is 0. The molecule has 0 bridgehead atoms. The second-order valence-electron chi connectivity index (χ2n) is 6.01. The van der Waals surface area contributed by atoms with Gasteiger partial charge < -0.3 is 0 Å². The lowest BCUT2D eigenvalue weighted by molar-refractivity contribution is 0.0978. The minimum absolute atomic E-state index is 0.0247. The highest BCUT2D eigenvalue weighted by molar-refractivity contribution is 6.28.